The van der Waals surface area contributed by atoms with Crippen LogP contribution in [0.15, 0.2) is 0 Å². The quantitative estimate of drug-likeness (QED) is 0.0404. The summed E-state index contributed by atoms with van der Waals surface area (Å²) in [5.74, 6) is -13.8. The molecule has 40 nitrogen and oxygen atoms in total. The molecule has 6 fully saturated rings. The molecule has 6 rings (SSSR count). The molecule has 1 unspecified atom stereocenters. The monoisotopic (exact) mass is 1290 g/mol. The van der Waals surface area contributed by atoms with Crippen LogP contribution in [-0.2, 0) is 76.1 Å². The summed E-state index contributed by atoms with van der Waals surface area (Å²) in [6, 6.07) is -5.62. The first kappa shape index (κ1) is 73.2. The van der Waals surface area contributed by atoms with Gasteiger partial charge >= 0.3 is 11.9 Å². The van der Waals surface area contributed by atoms with E-state index in [1.807, 2.05) is 0 Å². The summed E-state index contributed by atoms with van der Waals surface area (Å²) in [7, 11) is 0. The lowest BCUT2D eigenvalue weighted by molar-refractivity contribution is -0.384. The van der Waals surface area contributed by atoms with Crippen molar-refractivity contribution in [3.63, 3.8) is 0 Å². The van der Waals surface area contributed by atoms with Gasteiger partial charge in [-0.2, -0.15) is 0 Å². The molecule has 24 N–H and O–H groups in total. The lowest BCUT2D eigenvalue weighted by atomic mass is 9.87. The van der Waals surface area contributed by atoms with Crippen molar-refractivity contribution in [2.24, 2.45) is 0 Å². The van der Waals surface area contributed by atoms with Crippen LogP contribution in [0.1, 0.15) is 33.6 Å². The van der Waals surface area contributed by atoms with Crippen LogP contribution in [0, 0.1) is 0 Å². The highest BCUT2D eigenvalue weighted by Gasteiger charge is 2.63. The van der Waals surface area contributed by atoms with Gasteiger partial charge in [-0.05, 0) is 0 Å². The van der Waals surface area contributed by atoms with E-state index in [1.54, 1.807) is 0 Å². The Labute approximate surface area is 496 Å². The zero-order chi connectivity index (χ0) is 65.8. The van der Waals surface area contributed by atoms with Gasteiger partial charge in [-0.15, -0.1) is 0 Å². The maximum Gasteiger partial charge on any atom is 0.364 e. The Morgan fingerprint density at radius 2 is 0.932 bits per heavy atom. The number of aliphatic carboxylic acids is 2. The lowest BCUT2D eigenvalue weighted by Crippen LogP contribution is -2.71. The Bertz CT molecular complexity index is 2320. The molecule has 0 bridgehead atoms. The van der Waals surface area contributed by atoms with E-state index in [0.717, 1.165) is 20.8 Å². The van der Waals surface area contributed by atoms with E-state index < -0.39 is 277 Å². The van der Waals surface area contributed by atoms with Gasteiger partial charge in [0.2, 0.25) is 17.7 Å². The van der Waals surface area contributed by atoms with E-state index in [9.17, 15) is 131 Å². The van der Waals surface area contributed by atoms with Crippen molar-refractivity contribution in [2.75, 3.05) is 39.6 Å². The molecule has 0 aliphatic carbocycles. The Hall–Kier alpha value is -3.85. The summed E-state index contributed by atoms with van der Waals surface area (Å²) in [5.41, 5.74) is 0. The molecule has 40 heteroatoms. The minimum Gasteiger partial charge on any atom is -0.477 e. The fourth-order valence-electron chi connectivity index (χ4n) is 11.0. The number of carbonyl (C=O) groups is 5. The van der Waals surface area contributed by atoms with Crippen LogP contribution in [0.5, 0.6) is 0 Å². The van der Waals surface area contributed by atoms with Gasteiger partial charge in [0.15, 0.2) is 25.2 Å². The van der Waals surface area contributed by atoms with Crippen molar-refractivity contribution in [1.82, 2.24) is 16.0 Å². The molecule has 0 saturated carbocycles. The molecule has 0 aromatic rings. The molecular weight excluding hydrogens is 1210 g/mol. The summed E-state index contributed by atoms with van der Waals surface area (Å²) >= 11 is 0. The second-order valence-corrected chi connectivity index (χ2v) is 21.9. The van der Waals surface area contributed by atoms with Gasteiger partial charge in [0.05, 0.1) is 63.9 Å². The van der Waals surface area contributed by atoms with E-state index in [0.29, 0.717) is 0 Å². The Kier molecular flexibility index (Phi) is 25.6. The molecule has 508 valence electrons. The Balaban J connectivity index is 1.34. The fraction of sp³-hybridized carbons (Fsp3) is 0.896. The summed E-state index contributed by atoms with van der Waals surface area (Å²) in [5, 5.41) is 234. The first-order valence-electron chi connectivity index (χ1n) is 27.4. The maximum absolute atomic E-state index is 13.7. The van der Waals surface area contributed by atoms with Gasteiger partial charge < -0.3 is 175 Å². The smallest absolute Gasteiger partial charge is 0.364 e. The number of nitrogens with one attached hydrogen (secondary N) is 3. The highest BCUT2D eigenvalue weighted by Crippen LogP contribution is 2.42. The Morgan fingerprint density at radius 3 is 1.44 bits per heavy atom. The summed E-state index contributed by atoms with van der Waals surface area (Å²) in [6.07, 6.45) is -61.0. The molecule has 0 aromatic carbocycles. The van der Waals surface area contributed by atoms with Gasteiger partial charge in [0.1, 0.15) is 134 Å². The molecule has 0 aromatic heterocycles. The van der Waals surface area contributed by atoms with Crippen LogP contribution < -0.4 is 16.0 Å². The molecule has 0 spiro atoms. The molecule has 32 atom stereocenters. The number of aliphatic hydroxyl groups excluding tert-OH is 19. The van der Waals surface area contributed by atoms with Crippen LogP contribution in [0.2, 0.25) is 0 Å². The number of aliphatic hydroxyl groups is 19. The molecule has 6 heterocycles. The van der Waals surface area contributed by atoms with E-state index in [-0.39, 0.29) is 0 Å². The van der Waals surface area contributed by atoms with Crippen LogP contribution in [0.4, 0.5) is 0 Å². The summed E-state index contributed by atoms with van der Waals surface area (Å²) in [4.78, 5) is 64.4. The van der Waals surface area contributed by atoms with Crippen molar-refractivity contribution in [3.05, 3.63) is 0 Å². The van der Waals surface area contributed by atoms with Crippen LogP contribution in [0.25, 0.3) is 0 Å². The van der Waals surface area contributed by atoms with Crippen molar-refractivity contribution in [3.8, 4) is 0 Å². The number of ether oxygens (including phenoxy) is 11. The van der Waals surface area contributed by atoms with Gasteiger partial charge in [0, 0.05) is 33.6 Å². The predicted molar refractivity (Wildman–Crippen MR) is 268 cm³/mol. The highest BCUT2D eigenvalue weighted by molar-refractivity contribution is 5.77. The lowest BCUT2D eigenvalue weighted by Gasteiger charge is -2.51. The molecule has 88 heavy (non-hydrogen) atoms. The first-order chi connectivity index (χ1) is 41.2. The van der Waals surface area contributed by atoms with E-state index in [1.165, 1.54) is 0 Å². The normalized spacial score (nSPS) is 44.6. The van der Waals surface area contributed by atoms with Gasteiger partial charge in [-0.1, -0.05) is 0 Å². The summed E-state index contributed by atoms with van der Waals surface area (Å²) < 4.78 is 62.7. The predicted octanol–water partition coefficient (Wildman–Crippen LogP) is -15.3. The van der Waals surface area contributed by atoms with Crippen molar-refractivity contribution < 1.29 is 183 Å². The van der Waals surface area contributed by atoms with Crippen molar-refractivity contribution in [2.45, 2.75) is 229 Å². The molecule has 3 amide bonds. The number of hydrogen-bond donors (Lipinski definition) is 24. The number of carboxylic acids is 2. The molecule has 6 aliphatic rings. The number of hydrogen-bond acceptors (Lipinski definition) is 35. The number of carboxylic acid groups (broad SMARTS) is 2. The zero-order valence-corrected chi connectivity index (χ0v) is 46.9. The minimum absolute atomic E-state index is 0.874. The van der Waals surface area contributed by atoms with E-state index in [2.05, 4.69) is 16.0 Å². The van der Waals surface area contributed by atoms with Crippen molar-refractivity contribution in [1.29, 1.82) is 0 Å². The minimum atomic E-state index is -3.36. The second-order valence-electron chi connectivity index (χ2n) is 21.9. The third kappa shape index (κ3) is 15.8. The third-order valence-corrected chi connectivity index (χ3v) is 15.6. The largest absolute Gasteiger partial charge is 0.477 e. The van der Waals surface area contributed by atoms with Gasteiger partial charge in [-0.25, -0.2) is 9.59 Å². The van der Waals surface area contributed by atoms with E-state index in [4.69, 9.17) is 52.1 Å². The highest BCUT2D eigenvalue weighted by atomic mass is 16.8. The van der Waals surface area contributed by atoms with E-state index >= 15 is 0 Å². The van der Waals surface area contributed by atoms with Crippen LogP contribution >= 0.6 is 0 Å². The number of amides is 3. The fourth-order valence-corrected chi connectivity index (χ4v) is 11.0. The van der Waals surface area contributed by atoms with Gasteiger partial charge in [0.25, 0.3) is 11.6 Å². The topological polar surface area (TPSA) is 648 Å². The molecule has 6 aliphatic heterocycles. The average molecular weight is 1290 g/mol. The van der Waals surface area contributed by atoms with Crippen LogP contribution in [-0.4, -0.2) is 372 Å². The maximum atomic E-state index is 13.7. The SMILES string of the molecule is CC(=O)N[C@H]1[C@H](O[C@H]2[C@@H](O)[C@@H](CO)O[C@@H](O[C@H]3[C@H](O)[C@@H](O)C(O)O[C@@H]3CO)[C@@H]2O)O[C@H](CO[C@]2(C(=O)O)C[C@H](O[C@@H]3O[C@H](CO)[C@H](O)[C@H](O[C@@]4(C(=O)O)C[C@H](O)[C@@H](NC(C)=O)[C@H]([C@@H](O)[C@@H](O)CO)O4)[C@H]3O)[C@@H](NC(C)=O)[C@H]([C@H](O)[C@H](O)CO)O2)[C@@H](O)[C@@H]1O. The Morgan fingerprint density at radius 1 is 0.477 bits per heavy atom. The molecule has 0 radical (unpaired) electrons. The van der Waals surface area contributed by atoms with Crippen LogP contribution in [0.3, 0.4) is 0 Å². The third-order valence-electron chi connectivity index (χ3n) is 15.6. The molecule has 6 saturated heterocycles. The average Bonchev–Trinajstić information content (AvgIpc) is 1.13. The standard InChI is InChI=1S/C48H79N3O37/c1-12(57)49-23-15(60)4-48(46(76)77,87-37(23)26(63)16(61)6-52)88-40-30(67)20(9-55)81-43(35(40)72)80-18-5-47(45(74)75,86-38(24(18)50-13(2)58)27(64)17(62)7-53)78-11-22-28(65)31(68)25(51-14(3)59)42(83-22)85-39-29(66)19(8-54)82-44(34(39)71)84-36-21(10-56)79-41(73)33(70)32(36)69/h15-44,52-56,60-73H,4-11H2,1-3H3,(H,49,57)(H,50,58)(H,51,59)(H,74,75)(H,76,77)/t15-,16-,17+,18-,19+,20+,21+,22+,23+,24+,25+,26-,27+,28+,29-,30-,31+,32+,33+,34+,35+,36+,37+,38+,39-,40-,41?,42-,43+,44-,47+,48+/m0/s1. The molecular formula is C48H79N3O37. The number of rotatable bonds is 25. The van der Waals surface area contributed by atoms with Crippen molar-refractivity contribution >= 4 is 29.7 Å². The summed E-state index contributed by atoms with van der Waals surface area (Å²) in [6.45, 7) is -4.32. The second kappa shape index (κ2) is 30.7. The van der Waals surface area contributed by atoms with Gasteiger partial charge in [-0.3, -0.25) is 14.4 Å². The first-order valence-corrected chi connectivity index (χ1v) is 27.4. The zero-order valence-electron chi connectivity index (χ0n) is 46.9. The number of carbonyl (C=O) groups excluding carboxylic acids is 3.